The minimum absolute atomic E-state index is 0.174. The van der Waals surface area contributed by atoms with Gasteiger partial charge < -0.3 is 10.1 Å². The molecule has 0 aliphatic rings. The molecule has 0 aliphatic carbocycles. The summed E-state index contributed by atoms with van der Waals surface area (Å²) < 4.78 is 4.56. The largest absolute Gasteiger partial charge is 0.465 e. The second-order valence-corrected chi connectivity index (χ2v) is 3.90. The van der Waals surface area contributed by atoms with E-state index in [-0.39, 0.29) is 11.2 Å². The Morgan fingerprint density at radius 3 is 2.69 bits per heavy atom. The number of hydrogen-bond donors (Lipinski definition) is 1. The van der Waals surface area contributed by atoms with E-state index in [0.29, 0.717) is 16.3 Å². The second kappa shape index (κ2) is 5.86. The highest BCUT2D eigenvalue weighted by atomic mass is 79.9. The fourth-order valence-electron chi connectivity index (χ4n) is 1.09. The summed E-state index contributed by atoms with van der Waals surface area (Å²) in [5.41, 5.74) is 0.747. The highest BCUT2D eigenvalue weighted by Gasteiger charge is 2.09. The quantitative estimate of drug-likeness (QED) is 0.689. The Kier molecular flexibility index (Phi) is 4.76. The van der Waals surface area contributed by atoms with Crippen LogP contribution >= 0.6 is 27.5 Å². The van der Waals surface area contributed by atoms with E-state index in [1.54, 1.807) is 6.07 Å². The summed E-state index contributed by atoms with van der Waals surface area (Å²) in [5, 5.41) is 3.10. The molecule has 1 aromatic rings. The summed E-state index contributed by atoms with van der Waals surface area (Å²) in [6.07, 6.45) is 0. The van der Waals surface area contributed by atoms with E-state index < -0.39 is 5.97 Å². The van der Waals surface area contributed by atoms with Crippen LogP contribution in [0.5, 0.6) is 0 Å². The van der Waals surface area contributed by atoms with Gasteiger partial charge in [-0.25, -0.2) is 4.79 Å². The predicted octanol–water partition coefficient (Wildman–Crippen LogP) is 2.46. The van der Waals surface area contributed by atoms with Crippen molar-refractivity contribution in [3.63, 3.8) is 0 Å². The molecule has 0 radical (unpaired) electrons. The van der Waals surface area contributed by atoms with Crippen molar-refractivity contribution >= 4 is 45.1 Å². The summed E-state index contributed by atoms with van der Waals surface area (Å²) in [7, 11) is 1.28. The SMILES string of the molecule is COC(=O)c1cc(Cl)cc(NC(=O)CBr)c1. The lowest BCUT2D eigenvalue weighted by Gasteiger charge is -2.06. The van der Waals surface area contributed by atoms with Crippen LogP contribution in [0.2, 0.25) is 5.02 Å². The first-order chi connectivity index (χ1) is 7.56. The summed E-state index contributed by atoms with van der Waals surface area (Å²) in [4.78, 5) is 22.4. The van der Waals surface area contributed by atoms with E-state index in [1.807, 2.05) is 0 Å². The van der Waals surface area contributed by atoms with E-state index in [0.717, 1.165) is 0 Å². The fourth-order valence-corrected chi connectivity index (χ4v) is 1.47. The first-order valence-corrected chi connectivity index (χ1v) is 5.81. The molecule has 0 heterocycles. The molecule has 0 spiro atoms. The Balaban J connectivity index is 2.98. The van der Waals surface area contributed by atoms with Crippen molar-refractivity contribution in [2.75, 3.05) is 17.8 Å². The van der Waals surface area contributed by atoms with Crippen molar-refractivity contribution < 1.29 is 14.3 Å². The number of halogens is 2. The lowest BCUT2D eigenvalue weighted by atomic mass is 10.2. The maximum Gasteiger partial charge on any atom is 0.337 e. The van der Waals surface area contributed by atoms with Crippen LogP contribution in [0.15, 0.2) is 18.2 Å². The van der Waals surface area contributed by atoms with Crippen molar-refractivity contribution in [1.82, 2.24) is 0 Å². The Hall–Kier alpha value is -1.07. The van der Waals surface area contributed by atoms with Crippen molar-refractivity contribution in [2.45, 2.75) is 0 Å². The highest BCUT2D eigenvalue weighted by molar-refractivity contribution is 9.09. The maximum absolute atomic E-state index is 11.3. The van der Waals surface area contributed by atoms with E-state index in [4.69, 9.17) is 11.6 Å². The van der Waals surface area contributed by atoms with Gasteiger partial charge in [0, 0.05) is 10.7 Å². The van der Waals surface area contributed by atoms with Gasteiger partial charge in [-0.2, -0.15) is 0 Å². The van der Waals surface area contributed by atoms with E-state index in [1.165, 1.54) is 19.2 Å². The molecule has 4 nitrogen and oxygen atoms in total. The molecule has 0 atom stereocenters. The third-order valence-electron chi connectivity index (χ3n) is 1.72. The second-order valence-electron chi connectivity index (χ2n) is 2.90. The number of nitrogens with one attached hydrogen (secondary N) is 1. The number of carbonyl (C=O) groups is 2. The van der Waals surface area contributed by atoms with Crippen molar-refractivity contribution in [2.24, 2.45) is 0 Å². The molecular weight excluding hydrogens is 297 g/mol. The van der Waals surface area contributed by atoms with Gasteiger partial charge in [-0.15, -0.1) is 0 Å². The van der Waals surface area contributed by atoms with Crippen LogP contribution in [0.25, 0.3) is 0 Å². The number of anilines is 1. The van der Waals surface area contributed by atoms with Gasteiger partial charge in [0.05, 0.1) is 18.0 Å². The average molecular weight is 307 g/mol. The molecule has 1 N–H and O–H groups in total. The Bertz CT molecular complexity index is 423. The van der Waals surface area contributed by atoms with Crippen LogP contribution < -0.4 is 5.32 Å². The van der Waals surface area contributed by atoms with E-state index in [2.05, 4.69) is 26.0 Å². The lowest BCUT2D eigenvalue weighted by molar-refractivity contribution is -0.113. The standard InChI is InChI=1S/C10H9BrClNO3/c1-16-10(15)6-2-7(12)4-8(3-6)13-9(14)5-11/h2-4H,5H2,1H3,(H,13,14). The summed E-state index contributed by atoms with van der Waals surface area (Å²) in [5.74, 6) is -0.727. The summed E-state index contributed by atoms with van der Waals surface area (Å²) >= 11 is 8.82. The zero-order valence-corrected chi connectivity index (χ0v) is 10.8. The van der Waals surface area contributed by atoms with Gasteiger partial charge in [0.25, 0.3) is 0 Å². The molecule has 86 valence electrons. The van der Waals surface area contributed by atoms with Crippen LogP contribution in [-0.2, 0) is 9.53 Å². The zero-order valence-electron chi connectivity index (χ0n) is 8.42. The normalized spacial score (nSPS) is 9.69. The summed E-state index contributed by atoms with van der Waals surface area (Å²) in [6.45, 7) is 0. The number of hydrogen-bond acceptors (Lipinski definition) is 3. The zero-order chi connectivity index (χ0) is 12.1. The molecule has 0 saturated heterocycles. The number of alkyl halides is 1. The number of esters is 1. The molecule has 0 fully saturated rings. The van der Waals surface area contributed by atoms with Crippen LogP contribution in [-0.4, -0.2) is 24.3 Å². The number of methoxy groups -OCH3 is 1. The molecule has 16 heavy (non-hydrogen) atoms. The number of rotatable bonds is 3. The van der Waals surface area contributed by atoms with Gasteiger partial charge in [-0.1, -0.05) is 27.5 Å². The number of carbonyl (C=O) groups excluding carboxylic acids is 2. The van der Waals surface area contributed by atoms with Gasteiger partial charge in [0.2, 0.25) is 5.91 Å². The molecule has 0 bridgehead atoms. The van der Waals surface area contributed by atoms with Crippen LogP contribution in [0.4, 0.5) is 5.69 Å². The third-order valence-corrected chi connectivity index (χ3v) is 2.45. The van der Waals surface area contributed by atoms with Crippen molar-refractivity contribution in [3.8, 4) is 0 Å². The first kappa shape index (κ1) is 13.0. The van der Waals surface area contributed by atoms with Crippen LogP contribution in [0.3, 0.4) is 0 Å². The molecule has 0 aromatic heterocycles. The van der Waals surface area contributed by atoms with E-state index in [9.17, 15) is 9.59 Å². The lowest BCUT2D eigenvalue weighted by Crippen LogP contribution is -2.13. The monoisotopic (exact) mass is 305 g/mol. The topological polar surface area (TPSA) is 55.4 Å². The van der Waals surface area contributed by atoms with Crippen LogP contribution in [0, 0.1) is 0 Å². The Morgan fingerprint density at radius 1 is 1.44 bits per heavy atom. The van der Waals surface area contributed by atoms with Gasteiger partial charge in [0.1, 0.15) is 0 Å². The molecule has 1 amide bonds. The Labute approximate surface area is 106 Å². The molecule has 1 rings (SSSR count). The fraction of sp³-hybridized carbons (Fsp3) is 0.200. The van der Waals surface area contributed by atoms with E-state index >= 15 is 0 Å². The molecular formula is C10H9BrClNO3. The van der Waals surface area contributed by atoms with Gasteiger partial charge in [0.15, 0.2) is 0 Å². The minimum atomic E-state index is -0.503. The molecule has 0 saturated carbocycles. The minimum Gasteiger partial charge on any atom is -0.465 e. The van der Waals surface area contributed by atoms with Crippen molar-refractivity contribution in [3.05, 3.63) is 28.8 Å². The Morgan fingerprint density at radius 2 is 2.12 bits per heavy atom. The average Bonchev–Trinajstić information content (AvgIpc) is 2.27. The van der Waals surface area contributed by atoms with Crippen molar-refractivity contribution in [1.29, 1.82) is 0 Å². The van der Waals surface area contributed by atoms with Gasteiger partial charge >= 0.3 is 5.97 Å². The predicted molar refractivity (Wildman–Crippen MR) is 65.2 cm³/mol. The van der Waals surface area contributed by atoms with Gasteiger partial charge in [-0.3, -0.25) is 4.79 Å². The van der Waals surface area contributed by atoms with Gasteiger partial charge in [-0.05, 0) is 18.2 Å². The summed E-state index contributed by atoms with van der Waals surface area (Å²) in [6, 6.07) is 4.52. The third kappa shape index (κ3) is 3.50. The first-order valence-electron chi connectivity index (χ1n) is 4.31. The molecule has 0 unspecified atom stereocenters. The number of ether oxygens (including phenoxy) is 1. The number of amides is 1. The maximum atomic E-state index is 11.3. The molecule has 1 aromatic carbocycles. The number of benzene rings is 1. The van der Waals surface area contributed by atoms with Crippen LogP contribution in [0.1, 0.15) is 10.4 Å². The smallest absolute Gasteiger partial charge is 0.337 e. The highest BCUT2D eigenvalue weighted by Crippen LogP contribution is 2.19. The molecule has 6 heteroatoms. The molecule has 0 aliphatic heterocycles.